The molecule has 5 heteroatoms. The third-order valence-corrected chi connectivity index (χ3v) is 2.87. The lowest BCUT2D eigenvalue weighted by molar-refractivity contribution is 0.102. The first-order valence-corrected chi connectivity index (χ1v) is 6.53. The summed E-state index contributed by atoms with van der Waals surface area (Å²) in [6.07, 6.45) is 0. The fourth-order valence-corrected chi connectivity index (χ4v) is 1.92. The molecular weight excluding hydrogens is 291 g/mol. The number of amides is 1. The van der Waals surface area contributed by atoms with Gasteiger partial charge in [-0.05, 0) is 36.4 Å². The van der Waals surface area contributed by atoms with Crippen molar-refractivity contribution < 1.29 is 9.18 Å². The molecule has 0 saturated heterocycles. The van der Waals surface area contributed by atoms with Crippen molar-refractivity contribution in [2.75, 3.05) is 11.9 Å². The normalized spacial score (nSPS) is 9.67. The Bertz CT molecular complexity index is 735. The van der Waals surface area contributed by atoms with Crippen LogP contribution in [0.2, 0.25) is 5.02 Å². The molecule has 1 amide bonds. The fraction of sp³-hybridized carbons (Fsp3) is 0.0625. The van der Waals surface area contributed by atoms with Crippen molar-refractivity contribution in [1.82, 2.24) is 0 Å². The molecule has 0 aliphatic rings. The van der Waals surface area contributed by atoms with Gasteiger partial charge in [-0.2, -0.15) is 0 Å². The summed E-state index contributed by atoms with van der Waals surface area (Å²) in [5.41, 5.74) is 6.42. The third-order valence-electron chi connectivity index (χ3n) is 2.63. The van der Waals surface area contributed by atoms with E-state index in [1.165, 1.54) is 18.2 Å². The zero-order chi connectivity index (χ0) is 15.2. The lowest BCUT2D eigenvalue weighted by atomic mass is 10.1. The van der Waals surface area contributed by atoms with Crippen molar-refractivity contribution in [1.29, 1.82) is 0 Å². The predicted molar refractivity (Wildman–Crippen MR) is 81.7 cm³/mol. The van der Waals surface area contributed by atoms with Gasteiger partial charge in [0, 0.05) is 16.3 Å². The molecule has 106 valence electrons. The topological polar surface area (TPSA) is 55.1 Å². The summed E-state index contributed by atoms with van der Waals surface area (Å²) < 4.78 is 13.3. The van der Waals surface area contributed by atoms with Gasteiger partial charge in [-0.3, -0.25) is 4.79 Å². The predicted octanol–water partition coefficient (Wildman–Crippen LogP) is 3.04. The minimum atomic E-state index is -0.462. The largest absolute Gasteiger partial charge is 0.322 e. The number of carbonyl (C=O) groups excluding carboxylic acids is 1. The highest BCUT2D eigenvalue weighted by atomic mass is 35.5. The molecule has 0 heterocycles. The maximum absolute atomic E-state index is 13.3. The zero-order valence-corrected chi connectivity index (χ0v) is 11.7. The second-order valence-corrected chi connectivity index (χ2v) is 4.60. The first kappa shape index (κ1) is 15.0. The van der Waals surface area contributed by atoms with Crippen LogP contribution in [0.5, 0.6) is 0 Å². The van der Waals surface area contributed by atoms with Gasteiger partial charge in [0.05, 0.1) is 12.1 Å². The van der Waals surface area contributed by atoms with Crippen LogP contribution in [0.25, 0.3) is 0 Å². The number of hydrogen-bond donors (Lipinski definition) is 2. The van der Waals surface area contributed by atoms with Crippen molar-refractivity contribution in [2.45, 2.75) is 0 Å². The van der Waals surface area contributed by atoms with Gasteiger partial charge in [0.2, 0.25) is 0 Å². The van der Waals surface area contributed by atoms with E-state index in [4.69, 9.17) is 17.3 Å². The molecule has 2 aromatic carbocycles. The van der Waals surface area contributed by atoms with Crippen LogP contribution in [0.4, 0.5) is 10.1 Å². The Balaban J connectivity index is 2.30. The van der Waals surface area contributed by atoms with Crippen LogP contribution in [-0.4, -0.2) is 12.5 Å². The summed E-state index contributed by atoms with van der Waals surface area (Å²) in [5, 5.41) is 3.20. The Labute approximate surface area is 126 Å². The van der Waals surface area contributed by atoms with E-state index in [1.54, 1.807) is 24.3 Å². The standard InChI is InChI=1S/C16H12ClFN2O/c17-12-4-1-5-14(10-12)20-16(21)15-7-6-13(18)9-11(15)3-2-8-19/h1,4-7,9-10H,8,19H2,(H,20,21). The van der Waals surface area contributed by atoms with Crippen molar-refractivity contribution in [3.8, 4) is 11.8 Å². The average molecular weight is 303 g/mol. The van der Waals surface area contributed by atoms with Crippen LogP contribution >= 0.6 is 11.6 Å². The number of benzene rings is 2. The molecule has 2 rings (SSSR count). The van der Waals surface area contributed by atoms with Gasteiger partial charge < -0.3 is 11.1 Å². The van der Waals surface area contributed by atoms with Crippen LogP contribution in [0.15, 0.2) is 42.5 Å². The molecule has 21 heavy (non-hydrogen) atoms. The van der Waals surface area contributed by atoms with Crippen molar-refractivity contribution in [3.63, 3.8) is 0 Å². The Kier molecular flexibility index (Phi) is 4.94. The number of rotatable bonds is 2. The summed E-state index contributed by atoms with van der Waals surface area (Å²) >= 11 is 5.86. The molecule has 0 spiro atoms. The lowest BCUT2D eigenvalue weighted by Gasteiger charge is -2.07. The number of anilines is 1. The van der Waals surface area contributed by atoms with E-state index in [0.29, 0.717) is 16.3 Å². The molecule has 0 saturated carbocycles. The molecule has 0 atom stereocenters. The highest BCUT2D eigenvalue weighted by Gasteiger charge is 2.11. The van der Waals surface area contributed by atoms with E-state index in [1.807, 2.05) is 0 Å². The number of nitrogens with two attached hydrogens (primary N) is 1. The monoisotopic (exact) mass is 302 g/mol. The molecule has 0 aliphatic carbocycles. The van der Waals surface area contributed by atoms with E-state index in [0.717, 1.165) is 0 Å². The van der Waals surface area contributed by atoms with E-state index in [-0.39, 0.29) is 12.1 Å². The fourth-order valence-electron chi connectivity index (χ4n) is 1.73. The number of nitrogens with one attached hydrogen (secondary N) is 1. The Morgan fingerprint density at radius 3 is 2.81 bits per heavy atom. The van der Waals surface area contributed by atoms with Crippen LogP contribution in [0, 0.1) is 17.7 Å². The maximum Gasteiger partial charge on any atom is 0.256 e. The van der Waals surface area contributed by atoms with E-state index < -0.39 is 11.7 Å². The minimum Gasteiger partial charge on any atom is -0.322 e. The molecule has 0 fully saturated rings. The van der Waals surface area contributed by atoms with Gasteiger partial charge in [-0.15, -0.1) is 0 Å². The number of carbonyl (C=O) groups is 1. The van der Waals surface area contributed by atoms with Crippen LogP contribution in [0.3, 0.4) is 0 Å². The Morgan fingerprint density at radius 1 is 1.29 bits per heavy atom. The smallest absolute Gasteiger partial charge is 0.256 e. The third kappa shape index (κ3) is 4.06. The second kappa shape index (κ2) is 6.89. The van der Waals surface area contributed by atoms with Crippen LogP contribution < -0.4 is 11.1 Å². The zero-order valence-electron chi connectivity index (χ0n) is 11.0. The first-order valence-electron chi connectivity index (χ1n) is 6.15. The summed E-state index contributed by atoms with van der Waals surface area (Å²) in [7, 11) is 0. The first-order chi connectivity index (χ1) is 10.1. The highest BCUT2D eigenvalue weighted by molar-refractivity contribution is 6.31. The lowest BCUT2D eigenvalue weighted by Crippen LogP contribution is -2.13. The highest BCUT2D eigenvalue weighted by Crippen LogP contribution is 2.17. The van der Waals surface area contributed by atoms with Crippen molar-refractivity contribution in [2.24, 2.45) is 5.73 Å². The summed E-state index contributed by atoms with van der Waals surface area (Å²) in [6, 6.07) is 10.5. The Morgan fingerprint density at radius 2 is 2.10 bits per heavy atom. The number of hydrogen-bond acceptors (Lipinski definition) is 2. The molecule has 0 aromatic heterocycles. The second-order valence-electron chi connectivity index (χ2n) is 4.16. The maximum atomic E-state index is 13.3. The van der Waals surface area contributed by atoms with Gasteiger partial charge in [-0.25, -0.2) is 4.39 Å². The quantitative estimate of drug-likeness (QED) is 0.838. The summed E-state index contributed by atoms with van der Waals surface area (Å²) in [5.74, 6) is 4.45. The van der Waals surface area contributed by atoms with E-state index in [9.17, 15) is 9.18 Å². The van der Waals surface area contributed by atoms with Crippen LogP contribution in [-0.2, 0) is 0 Å². The van der Waals surface area contributed by atoms with Gasteiger partial charge >= 0.3 is 0 Å². The van der Waals surface area contributed by atoms with Gasteiger partial charge in [0.1, 0.15) is 5.82 Å². The van der Waals surface area contributed by atoms with E-state index >= 15 is 0 Å². The molecule has 0 aliphatic heterocycles. The SMILES string of the molecule is NCC#Cc1cc(F)ccc1C(=O)Nc1cccc(Cl)c1. The Hall–Kier alpha value is -2.35. The minimum absolute atomic E-state index is 0.131. The average Bonchev–Trinajstić information content (AvgIpc) is 2.45. The number of halogens is 2. The molecular formula is C16H12ClFN2O. The van der Waals surface area contributed by atoms with E-state index in [2.05, 4.69) is 17.2 Å². The van der Waals surface area contributed by atoms with Gasteiger partial charge in [-0.1, -0.05) is 29.5 Å². The molecule has 3 N–H and O–H groups in total. The molecule has 0 radical (unpaired) electrons. The molecule has 0 bridgehead atoms. The van der Waals surface area contributed by atoms with Gasteiger partial charge in [0.15, 0.2) is 0 Å². The van der Waals surface area contributed by atoms with Crippen molar-refractivity contribution >= 4 is 23.2 Å². The molecule has 2 aromatic rings. The summed E-state index contributed by atoms with van der Waals surface area (Å²) in [6.45, 7) is 0.131. The molecule has 0 unspecified atom stereocenters. The molecule has 3 nitrogen and oxygen atoms in total. The summed E-state index contributed by atoms with van der Waals surface area (Å²) in [4.78, 5) is 12.2. The van der Waals surface area contributed by atoms with Gasteiger partial charge in [0.25, 0.3) is 5.91 Å². The van der Waals surface area contributed by atoms with Crippen molar-refractivity contribution in [3.05, 3.63) is 64.4 Å². The van der Waals surface area contributed by atoms with Crippen LogP contribution in [0.1, 0.15) is 15.9 Å².